The smallest absolute Gasteiger partial charge is 0.310 e. The standard InChI is InChI=1S/C15H26N2O2/c1-3-11-17(12-7-5-8-12)16-14-10-6-9-13(14)15(18)19-4-2/h3,12-14,16H,1,4-11H2,2H3/t13-,14+/m1/s1. The van der Waals surface area contributed by atoms with Crippen LogP contribution >= 0.6 is 0 Å². The zero-order chi connectivity index (χ0) is 13.7. The molecule has 1 N–H and O–H groups in total. The lowest BCUT2D eigenvalue weighted by Gasteiger charge is -2.39. The molecule has 2 atom stereocenters. The fourth-order valence-corrected chi connectivity index (χ4v) is 3.00. The molecule has 19 heavy (non-hydrogen) atoms. The summed E-state index contributed by atoms with van der Waals surface area (Å²) in [6.45, 7) is 7.01. The van der Waals surface area contributed by atoms with E-state index in [-0.39, 0.29) is 17.9 Å². The third-order valence-corrected chi connectivity index (χ3v) is 4.28. The summed E-state index contributed by atoms with van der Waals surface area (Å²) in [5.74, 6) is -0.0167. The van der Waals surface area contributed by atoms with Crippen LogP contribution in [-0.2, 0) is 9.53 Å². The summed E-state index contributed by atoms with van der Waals surface area (Å²) in [6, 6.07) is 0.848. The number of carbonyl (C=O) groups is 1. The van der Waals surface area contributed by atoms with Crippen LogP contribution in [0.5, 0.6) is 0 Å². The maximum Gasteiger partial charge on any atom is 0.310 e. The molecule has 4 nitrogen and oxygen atoms in total. The molecular formula is C15H26N2O2. The van der Waals surface area contributed by atoms with Crippen LogP contribution in [0.15, 0.2) is 12.7 Å². The zero-order valence-electron chi connectivity index (χ0n) is 11.9. The van der Waals surface area contributed by atoms with E-state index in [9.17, 15) is 4.79 Å². The van der Waals surface area contributed by atoms with Gasteiger partial charge in [-0.05, 0) is 32.6 Å². The van der Waals surface area contributed by atoms with E-state index in [1.807, 2.05) is 13.0 Å². The van der Waals surface area contributed by atoms with Gasteiger partial charge in [-0.2, -0.15) is 0 Å². The van der Waals surface area contributed by atoms with Gasteiger partial charge in [0.1, 0.15) is 0 Å². The van der Waals surface area contributed by atoms with Crippen LogP contribution in [0.3, 0.4) is 0 Å². The third-order valence-electron chi connectivity index (χ3n) is 4.28. The minimum absolute atomic E-state index is 0.0207. The summed E-state index contributed by atoms with van der Waals surface area (Å²) in [4.78, 5) is 11.9. The highest BCUT2D eigenvalue weighted by Gasteiger charge is 2.36. The van der Waals surface area contributed by atoms with Gasteiger partial charge in [-0.3, -0.25) is 10.2 Å². The molecule has 0 saturated heterocycles. The second-order valence-corrected chi connectivity index (χ2v) is 5.55. The molecule has 2 aliphatic carbocycles. The van der Waals surface area contributed by atoms with E-state index in [0.29, 0.717) is 12.6 Å². The molecule has 0 aromatic rings. The number of nitrogens with one attached hydrogen (secondary N) is 1. The predicted octanol–water partition coefficient (Wildman–Crippen LogP) is 2.26. The van der Waals surface area contributed by atoms with E-state index in [4.69, 9.17) is 4.74 Å². The van der Waals surface area contributed by atoms with Gasteiger partial charge < -0.3 is 4.74 Å². The largest absolute Gasteiger partial charge is 0.466 e. The molecule has 2 aliphatic rings. The summed E-state index contributed by atoms with van der Waals surface area (Å²) in [6.07, 6.45) is 8.85. The van der Waals surface area contributed by atoms with E-state index in [2.05, 4.69) is 17.0 Å². The average Bonchev–Trinajstić information content (AvgIpc) is 2.75. The molecule has 2 rings (SSSR count). The number of hydrogen-bond acceptors (Lipinski definition) is 4. The van der Waals surface area contributed by atoms with Gasteiger partial charge in [0, 0.05) is 18.6 Å². The summed E-state index contributed by atoms with van der Waals surface area (Å²) in [5.41, 5.74) is 3.57. The molecule has 4 heteroatoms. The van der Waals surface area contributed by atoms with Crippen molar-refractivity contribution in [3.05, 3.63) is 12.7 Å². The minimum atomic E-state index is -0.0373. The maximum atomic E-state index is 11.9. The molecule has 0 aliphatic heterocycles. The summed E-state index contributed by atoms with van der Waals surface area (Å²) >= 11 is 0. The lowest BCUT2D eigenvalue weighted by Crippen LogP contribution is -2.54. The van der Waals surface area contributed by atoms with E-state index in [1.165, 1.54) is 19.3 Å². The molecule has 0 aromatic carbocycles. The molecule has 0 amide bonds. The Labute approximate surface area is 116 Å². The summed E-state index contributed by atoms with van der Waals surface area (Å²) in [7, 11) is 0. The molecule has 2 saturated carbocycles. The molecule has 0 aromatic heterocycles. The van der Waals surface area contributed by atoms with Crippen molar-refractivity contribution in [1.82, 2.24) is 10.4 Å². The van der Waals surface area contributed by atoms with Crippen molar-refractivity contribution in [2.24, 2.45) is 5.92 Å². The highest BCUT2D eigenvalue weighted by molar-refractivity contribution is 5.73. The average molecular weight is 266 g/mol. The van der Waals surface area contributed by atoms with Crippen molar-refractivity contribution in [3.63, 3.8) is 0 Å². The van der Waals surface area contributed by atoms with Crippen molar-refractivity contribution < 1.29 is 9.53 Å². The van der Waals surface area contributed by atoms with Gasteiger partial charge in [0.2, 0.25) is 0 Å². The topological polar surface area (TPSA) is 41.6 Å². The third kappa shape index (κ3) is 3.57. The quantitative estimate of drug-likeness (QED) is 0.436. The zero-order valence-corrected chi connectivity index (χ0v) is 11.9. The number of ether oxygens (including phenoxy) is 1. The van der Waals surface area contributed by atoms with E-state index in [0.717, 1.165) is 25.8 Å². The highest BCUT2D eigenvalue weighted by atomic mass is 16.5. The van der Waals surface area contributed by atoms with Crippen LogP contribution in [0.25, 0.3) is 0 Å². The van der Waals surface area contributed by atoms with Crippen LogP contribution in [0.1, 0.15) is 45.4 Å². The number of rotatable bonds is 7. The Kier molecular flexibility index (Phi) is 5.40. The van der Waals surface area contributed by atoms with Gasteiger partial charge in [0.25, 0.3) is 0 Å². The molecule has 0 spiro atoms. The second-order valence-electron chi connectivity index (χ2n) is 5.55. The minimum Gasteiger partial charge on any atom is -0.466 e. The van der Waals surface area contributed by atoms with Gasteiger partial charge in [0.05, 0.1) is 12.5 Å². The van der Waals surface area contributed by atoms with E-state index < -0.39 is 0 Å². The van der Waals surface area contributed by atoms with Crippen molar-refractivity contribution in [2.45, 2.75) is 57.5 Å². The predicted molar refractivity (Wildman–Crippen MR) is 75.4 cm³/mol. The number of hydrazine groups is 1. The van der Waals surface area contributed by atoms with Gasteiger partial charge >= 0.3 is 5.97 Å². The summed E-state index contributed by atoms with van der Waals surface area (Å²) < 4.78 is 5.18. The number of esters is 1. The first-order chi connectivity index (χ1) is 9.26. The van der Waals surface area contributed by atoms with Gasteiger partial charge in [-0.1, -0.05) is 18.9 Å². The van der Waals surface area contributed by atoms with E-state index >= 15 is 0 Å². The Morgan fingerprint density at radius 2 is 2.11 bits per heavy atom. The van der Waals surface area contributed by atoms with Crippen LogP contribution < -0.4 is 5.43 Å². The van der Waals surface area contributed by atoms with Gasteiger partial charge in [0.15, 0.2) is 0 Å². The van der Waals surface area contributed by atoms with Crippen LogP contribution in [0.2, 0.25) is 0 Å². The van der Waals surface area contributed by atoms with Crippen molar-refractivity contribution in [3.8, 4) is 0 Å². The first-order valence-corrected chi connectivity index (χ1v) is 7.56. The molecular weight excluding hydrogens is 240 g/mol. The molecule has 0 unspecified atom stereocenters. The summed E-state index contributed by atoms with van der Waals surface area (Å²) in [5, 5.41) is 2.28. The lowest BCUT2D eigenvalue weighted by atomic mass is 9.92. The van der Waals surface area contributed by atoms with Crippen LogP contribution in [0.4, 0.5) is 0 Å². The number of hydrogen-bond donors (Lipinski definition) is 1. The maximum absolute atomic E-state index is 11.9. The van der Waals surface area contributed by atoms with Crippen molar-refractivity contribution in [1.29, 1.82) is 0 Å². The Morgan fingerprint density at radius 1 is 1.37 bits per heavy atom. The van der Waals surface area contributed by atoms with Crippen molar-refractivity contribution >= 4 is 5.97 Å². The molecule has 0 radical (unpaired) electrons. The molecule has 0 bridgehead atoms. The van der Waals surface area contributed by atoms with Crippen molar-refractivity contribution in [2.75, 3.05) is 13.2 Å². The SMILES string of the molecule is C=CCN(N[C@H]1CCC[C@H]1C(=O)OCC)C1CCC1. The van der Waals surface area contributed by atoms with Gasteiger partial charge in [-0.25, -0.2) is 5.01 Å². The normalized spacial score (nSPS) is 27.3. The van der Waals surface area contributed by atoms with Crippen LogP contribution in [0, 0.1) is 5.92 Å². The lowest BCUT2D eigenvalue weighted by molar-refractivity contribution is -0.149. The second kappa shape index (κ2) is 7.06. The molecule has 0 heterocycles. The Balaban J connectivity index is 1.90. The highest BCUT2D eigenvalue weighted by Crippen LogP contribution is 2.29. The molecule has 108 valence electrons. The fourth-order valence-electron chi connectivity index (χ4n) is 3.00. The van der Waals surface area contributed by atoms with E-state index in [1.54, 1.807) is 0 Å². The number of nitrogens with zero attached hydrogens (tertiary/aromatic N) is 1. The first-order valence-electron chi connectivity index (χ1n) is 7.56. The Hall–Kier alpha value is -0.870. The van der Waals surface area contributed by atoms with Crippen LogP contribution in [-0.4, -0.2) is 36.2 Å². The Bertz CT molecular complexity index is 315. The first kappa shape index (κ1) is 14.5. The molecule has 2 fully saturated rings. The fraction of sp³-hybridized carbons (Fsp3) is 0.800. The monoisotopic (exact) mass is 266 g/mol. The van der Waals surface area contributed by atoms with Gasteiger partial charge in [-0.15, -0.1) is 6.58 Å². The number of carbonyl (C=O) groups excluding carboxylic acids is 1. The Morgan fingerprint density at radius 3 is 2.68 bits per heavy atom.